The third-order valence-corrected chi connectivity index (χ3v) is 5.62. The van der Waals surface area contributed by atoms with Crippen LogP contribution in [0.25, 0.3) is 6.08 Å². The lowest BCUT2D eigenvalue weighted by Gasteiger charge is -2.35. The molecule has 0 N–H and O–H groups in total. The zero-order valence-corrected chi connectivity index (χ0v) is 13.3. The predicted octanol–water partition coefficient (Wildman–Crippen LogP) is 5.94. The highest BCUT2D eigenvalue weighted by Crippen LogP contribution is 2.66. The fourth-order valence-corrected chi connectivity index (χ4v) is 4.42. The van der Waals surface area contributed by atoms with Crippen molar-refractivity contribution < 1.29 is 17.6 Å². The Morgan fingerprint density at radius 2 is 1.46 bits per heavy atom. The van der Waals surface area contributed by atoms with Crippen LogP contribution in [0, 0.1) is 28.7 Å². The second kappa shape index (κ2) is 4.95. The van der Waals surface area contributed by atoms with Crippen molar-refractivity contribution in [2.75, 3.05) is 0 Å². The van der Waals surface area contributed by atoms with Gasteiger partial charge in [-0.05, 0) is 23.3 Å². The third kappa shape index (κ3) is 1.86. The van der Waals surface area contributed by atoms with Gasteiger partial charge in [-0.3, -0.25) is 0 Å². The van der Waals surface area contributed by atoms with Crippen molar-refractivity contribution in [3.05, 3.63) is 75.9 Å². The minimum absolute atomic E-state index is 0.00194. The maximum absolute atomic E-state index is 14.4. The number of hydrogen-bond acceptors (Lipinski definition) is 0. The maximum Gasteiger partial charge on any atom is 0.197 e. The van der Waals surface area contributed by atoms with Crippen molar-refractivity contribution >= 4 is 6.08 Å². The highest BCUT2D eigenvalue weighted by molar-refractivity contribution is 5.64. The van der Waals surface area contributed by atoms with Gasteiger partial charge in [0.1, 0.15) is 0 Å². The molecule has 2 aliphatic rings. The molecule has 124 valence electrons. The molecule has 0 aliphatic heterocycles. The molecule has 2 aromatic rings. The summed E-state index contributed by atoms with van der Waals surface area (Å²) in [6.45, 7) is 3.90. The van der Waals surface area contributed by atoms with Gasteiger partial charge in [-0.1, -0.05) is 55.8 Å². The molecule has 4 heteroatoms. The van der Waals surface area contributed by atoms with E-state index in [1.165, 1.54) is 0 Å². The first-order valence-electron chi connectivity index (χ1n) is 7.97. The van der Waals surface area contributed by atoms with Crippen molar-refractivity contribution in [3.8, 4) is 0 Å². The van der Waals surface area contributed by atoms with Crippen LogP contribution in [-0.4, -0.2) is 0 Å². The van der Waals surface area contributed by atoms with Crippen molar-refractivity contribution in [1.82, 2.24) is 0 Å². The summed E-state index contributed by atoms with van der Waals surface area (Å²) in [5.41, 5.74) is 1.48. The average molecular weight is 332 g/mol. The zero-order chi connectivity index (χ0) is 17.2. The molecule has 0 saturated heterocycles. The van der Waals surface area contributed by atoms with E-state index in [0.717, 1.165) is 11.1 Å². The van der Waals surface area contributed by atoms with E-state index in [0.29, 0.717) is 6.42 Å². The van der Waals surface area contributed by atoms with Gasteiger partial charge in [-0.25, -0.2) is 17.6 Å². The molecule has 2 unspecified atom stereocenters. The second-order valence-electron chi connectivity index (χ2n) is 7.16. The maximum atomic E-state index is 14.4. The van der Waals surface area contributed by atoms with E-state index in [1.807, 2.05) is 50.3 Å². The van der Waals surface area contributed by atoms with E-state index >= 15 is 0 Å². The van der Waals surface area contributed by atoms with Gasteiger partial charge in [-0.15, -0.1) is 0 Å². The molecule has 2 bridgehead atoms. The Morgan fingerprint density at radius 1 is 0.875 bits per heavy atom. The van der Waals surface area contributed by atoms with Gasteiger partial charge in [0.15, 0.2) is 23.3 Å². The number of hydrogen-bond donors (Lipinski definition) is 0. The second-order valence-corrected chi connectivity index (χ2v) is 7.16. The topological polar surface area (TPSA) is 0 Å². The van der Waals surface area contributed by atoms with E-state index in [2.05, 4.69) is 0 Å². The summed E-state index contributed by atoms with van der Waals surface area (Å²) >= 11 is 0. The largest absolute Gasteiger partial charge is 0.203 e. The summed E-state index contributed by atoms with van der Waals surface area (Å²) in [5.74, 6) is -6.66. The van der Waals surface area contributed by atoms with Crippen LogP contribution in [0.3, 0.4) is 0 Å². The summed E-state index contributed by atoms with van der Waals surface area (Å²) in [6.07, 6.45) is 2.45. The van der Waals surface area contributed by atoms with E-state index in [-0.39, 0.29) is 17.0 Å². The SMILES string of the molecule is CC1(C)C(=Cc2ccccc2)C2CC1c1c(F)c(F)c(F)c(F)c12. The molecule has 0 nitrogen and oxygen atoms in total. The van der Waals surface area contributed by atoms with E-state index in [1.54, 1.807) is 0 Å². The van der Waals surface area contributed by atoms with Crippen molar-refractivity contribution in [3.63, 3.8) is 0 Å². The zero-order valence-electron chi connectivity index (χ0n) is 13.3. The van der Waals surface area contributed by atoms with Gasteiger partial charge >= 0.3 is 0 Å². The fourth-order valence-electron chi connectivity index (χ4n) is 4.42. The number of benzene rings is 2. The van der Waals surface area contributed by atoms with Gasteiger partial charge in [0.25, 0.3) is 0 Å². The minimum atomic E-state index is -1.71. The summed E-state index contributed by atoms with van der Waals surface area (Å²) in [5, 5.41) is 0. The molecule has 0 amide bonds. The molecule has 2 aliphatic carbocycles. The number of rotatable bonds is 1. The van der Waals surface area contributed by atoms with Crippen LogP contribution < -0.4 is 0 Å². The third-order valence-electron chi connectivity index (χ3n) is 5.62. The predicted molar refractivity (Wildman–Crippen MR) is 84.6 cm³/mol. The van der Waals surface area contributed by atoms with Gasteiger partial charge in [0.2, 0.25) is 0 Å². The Balaban J connectivity index is 1.95. The number of fused-ring (bicyclic) bond motifs is 5. The molecule has 0 radical (unpaired) electrons. The van der Waals surface area contributed by atoms with Crippen LogP contribution in [0.15, 0.2) is 35.9 Å². The summed E-state index contributed by atoms with van der Waals surface area (Å²) in [4.78, 5) is 0. The summed E-state index contributed by atoms with van der Waals surface area (Å²) in [6, 6.07) is 9.55. The number of halogens is 4. The smallest absolute Gasteiger partial charge is 0.197 e. The van der Waals surface area contributed by atoms with Crippen LogP contribution in [0.1, 0.15) is 48.8 Å². The molecule has 0 heterocycles. The number of allylic oxidation sites excluding steroid dienone is 1. The highest BCUT2D eigenvalue weighted by Gasteiger charge is 2.55. The van der Waals surface area contributed by atoms with Crippen LogP contribution in [0.5, 0.6) is 0 Å². The minimum Gasteiger partial charge on any atom is -0.203 e. The van der Waals surface area contributed by atoms with Crippen LogP contribution >= 0.6 is 0 Å². The molecule has 2 atom stereocenters. The Hall–Kier alpha value is -2.10. The summed E-state index contributed by atoms with van der Waals surface area (Å²) in [7, 11) is 0. The molecule has 4 rings (SSSR count). The molecular weight excluding hydrogens is 316 g/mol. The summed E-state index contributed by atoms with van der Waals surface area (Å²) < 4.78 is 56.0. The van der Waals surface area contributed by atoms with E-state index < -0.39 is 34.6 Å². The molecule has 0 aromatic heterocycles. The molecule has 24 heavy (non-hydrogen) atoms. The van der Waals surface area contributed by atoms with Gasteiger partial charge < -0.3 is 0 Å². The van der Waals surface area contributed by atoms with Gasteiger partial charge in [-0.2, -0.15) is 0 Å². The first kappa shape index (κ1) is 15.4. The Labute approximate surface area is 137 Å². The first-order valence-corrected chi connectivity index (χ1v) is 7.97. The van der Waals surface area contributed by atoms with Crippen molar-refractivity contribution in [2.45, 2.75) is 32.1 Å². The highest BCUT2D eigenvalue weighted by atomic mass is 19.2. The van der Waals surface area contributed by atoms with Crippen LogP contribution in [0.2, 0.25) is 0 Å². The Kier molecular flexibility index (Phi) is 3.18. The fraction of sp³-hybridized carbons (Fsp3) is 0.300. The van der Waals surface area contributed by atoms with Gasteiger partial charge in [0.05, 0.1) is 0 Å². The normalized spacial score (nSPS) is 25.3. The molecule has 1 fully saturated rings. The Morgan fingerprint density at radius 3 is 2.08 bits per heavy atom. The van der Waals surface area contributed by atoms with E-state index in [4.69, 9.17) is 0 Å². The lowest BCUT2D eigenvalue weighted by Crippen LogP contribution is -2.25. The first-order chi connectivity index (χ1) is 11.3. The van der Waals surface area contributed by atoms with Gasteiger partial charge in [0, 0.05) is 17.0 Å². The molecule has 0 spiro atoms. The van der Waals surface area contributed by atoms with E-state index in [9.17, 15) is 17.6 Å². The van der Waals surface area contributed by atoms with Crippen molar-refractivity contribution in [1.29, 1.82) is 0 Å². The molecule has 1 saturated carbocycles. The molecular formula is C20H16F4. The Bertz CT molecular complexity index is 865. The lowest BCUT2D eigenvalue weighted by molar-refractivity contribution is 0.355. The van der Waals surface area contributed by atoms with Crippen molar-refractivity contribution in [2.24, 2.45) is 5.41 Å². The monoisotopic (exact) mass is 332 g/mol. The standard InChI is InChI=1S/C20H16F4/c1-20(2)12(8-10-6-4-3-5-7-10)11-9-13(20)15-14(11)16(21)18(23)19(24)17(15)22/h3-8,11,13H,9H2,1-2H3. The molecule has 2 aromatic carbocycles. The quantitative estimate of drug-likeness (QED) is 0.344. The average Bonchev–Trinajstić information content (AvgIpc) is 3.07. The lowest BCUT2D eigenvalue weighted by atomic mass is 9.69. The van der Waals surface area contributed by atoms with Crippen LogP contribution in [-0.2, 0) is 0 Å². The van der Waals surface area contributed by atoms with Crippen LogP contribution in [0.4, 0.5) is 17.6 Å².